The number of carbonyl (C=O) groups excluding carboxylic acids is 1. The topological polar surface area (TPSA) is 36.4 Å². The van der Waals surface area contributed by atoms with Gasteiger partial charge in [-0.25, -0.2) is 9.37 Å². The van der Waals surface area contributed by atoms with Crippen molar-refractivity contribution in [3.8, 4) is 11.3 Å². The van der Waals surface area contributed by atoms with Crippen LogP contribution in [-0.4, -0.2) is 42.0 Å². The Kier molecular flexibility index (Phi) is 5.48. The number of thiazole rings is 1. The molecular formula is C22H20FN3OS. The van der Waals surface area contributed by atoms with E-state index < -0.39 is 0 Å². The van der Waals surface area contributed by atoms with Crippen LogP contribution in [0.25, 0.3) is 17.3 Å². The molecule has 0 unspecified atom stereocenters. The lowest BCUT2D eigenvalue weighted by Gasteiger charge is -2.34. The number of anilines is 1. The molecule has 28 heavy (non-hydrogen) atoms. The van der Waals surface area contributed by atoms with Crippen LogP contribution in [0.15, 0.2) is 66.1 Å². The lowest BCUT2D eigenvalue weighted by molar-refractivity contribution is -0.126. The minimum Gasteiger partial charge on any atom is -0.345 e. The molecule has 0 bridgehead atoms. The van der Waals surface area contributed by atoms with Crippen LogP contribution in [0.3, 0.4) is 0 Å². The molecule has 0 radical (unpaired) electrons. The summed E-state index contributed by atoms with van der Waals surface area (Å²) in [6.07, 6.45) is 3.49. The Morgan fingerprint density at radius 2 is 1.71 bits per heavy atom. The van der Waals surface area contributed by atoms with Crippen molar-refractivity contribution in [1.29, 1.82) is 0 Å². The highest BCUT2D eigenvalue weighted by Crippen LogP contribution is 2.28. The number of benzene rings is 2. The van der Waals surface area contributed by atoms with Gasteiger partial charge in [0.2, 0.25) is 5.91 Å². The molecule has 142 valence electrons. The van der Waals surface area contributed by atoms with Gasteiger partial charge in [0.1, 0.15) is 5.82 Å². The number of amides is 1. The number of hydrogen-bond acceptors (Lipinski definition) is 4. The first-order valence-corrected chi connectivity index (χ1v) is 10.1. The fourth-order valence-corrected chi connectivity index (χ4v) is 4.01. The highest BCUT2D eigenvalue weighted by atomic mass is 32.1. The van der Waals surface area contributed by atoms with Gasteiger partial charge in [-0.05, 0) is 35.9 Å². The summed E-state index contributed by atoms with van der Waals surface area (Å²) in [7, 11) is 0. The van der Waals surface area contributed by atoms with Crippen LogP contribution in [0.4, 0.5) is 9.52 Å². The highest BCUT2D eigenvalue weighted by Gasteiger charge is 2.21. The largest absolute Gasteiger partial charge is 0.345 e. The molecule has 6 heteroatoms. The SMILES string of the molecule is O=C(/C=C/c1ccccc1)N1CCN(c2nc(-c3ccc(F)cc3)cs2)CC1. The third kappa shape index (κ3) is 4.28. The third-order valence-corrected chi connectivity index (χ3v) is 5.61. The minimum atomic E-state index is -0.249. The lowest BCUT2D eigenvalue weighted by Crippen LogP contribution is -2.48. The van der Waals surface area contributed by atoms with E-state index in [1.54, 1.807) is 29.5 Å². The summed E-state index contributed by atoms with van der Waals surface area (Å²) in [6.45, 7) is 2.84. The van der Waals surface area contributed by atoms with E-state index in [-0.39, 0.29) is 11.7 Å². The smallest absolute Gasteiger partial charge is 0.246 e. The summed E-state index contributed by atoms with van der Waals surface area (Å²) in [6, 6.07) is 16.2. The van der Waals surface area contributed by atoms with E-state index in [1.165, 1.54) is 12.1 Å². The Balaban J connectivity index is 1.35. The number of rotatable bonds is 4. The van der Waals surface area contributed by atoms with Gasteiger partial charge in [0.15, 0.2) is 5.13 Å². The van der Waals surface area contributed by atoms with Crippen LogP contribution in [-0.2, 0) is 4.79 Å². The molecule has 2 heterocycles. The molecule has 1 aliphatic rings. The van der Waals surface area contributed by atoms with Gasteiger partial charge in [-0.3, -0.25) is 4.79 Å². The summed E-state index contributed by atoms with van der Waals surface area (Å²) in [5.41, 5.74) is 2.78. The predicted molar refractivity (Wildman–Crippen MR) is 112 cm³/mol. The zero-order valence-electron chi connectivity index (χ0n) is 15.3. The van der Waals surface area contributed by atoms with E-state index >= 15 is 0 Å². The van der Waals surface area contributed by atoms with Crippen molar-refractivity contribution in [2.75, 3.05) is 31.1 Å². The quantitative estimate of drug-likeness (QED) is 0.620. The summed E-state index contributed by atoms with van der Waals surface area (Å²) >= 11 is 1.58. The predicted octanol–water partition coefficient (Wildman–Crippen LogP) is 4.31. The fraction of sp³-hybridized carbons (Fsp3) is 0.182. The zero-order chi connectivity index (χ0) is 19.3. The number of halogens is 1. The van der Waals surface area contributed by atoms with E-state index in [9.17, 15) is 9.18 Å². The van der Waals surface area contributed by atoms with E-state index in [0.717, 1.165) is 35.0 Å². The maximum absolute atomic E-state index is 13.1. The lowest BCUT2D eigenvalue weighted by atomic mass is 10.2. The van der Waals surface area contributed by atoms with E-state index in [0.29, 0.717) is 13.1 Å². The average Bonchev–Trinajstić information content (AvgIpc) is 3.24. The number of hydrogen-bond donors (Lipinski definition) is 0. The second-order valence-corrected chi connectivity index (χ2v) is 7.42. The number of aromatic nitrogens is 1. The standard InChI is InChI=1S/C22H20FN3OS/c23-19-9-7-18(8-10-19)20-16-28-22(24-20)26-14-12-25(13-15-26)21(27)11-6-17-4-2-1-3-5-17/h1-11,16H,12-15H2/b11-6+. The molecule has 0 saturated carbocycles. The molecule has 0 aliphatic carbocycles. The summed E-state index contributed by atoms with van der Waals surface area (Å²) in [5, 5.41) is 2.93. The first-order chi connectivity index (χ1) is 13.7. The number of piperazine rings is 1. The molecule has 1 fully saturated rings. The Bertz CT molecular complexity index is 961. The molecule has 1 aliphatic heterocycles. The van der Waals surface area contributed by atoms with Crippen molar-refractivity contribution in [1.82, 2.24) is 9.88 Å². The van der Waals surface area contributed by atoms with E-state index in [1.807, 2.05) is 46.7 Å². The minimum absolute atomic E-state index is 0.0367. The first-order valence-electron chi connectivity index (χ1n) is 9.17. The van der Waals surface area contributed by atoms with Crippen molar-refractivity contribution in [3.63, 3.8) is 0 Å². The van der Waals surface area contributed by atoms with Crippen LogP contribution in [0.5, 0.6) is 0 Å². The van der Waals surface area contributed by atoms with Gasteiger partial charge >= 0.3 is 0 Å². The molecule has 1 aromatic heterocycles. The molecule has 1 saturated heterocycles. The molecule has 0 atom stereocenters. The average molecular weight is 393 g/mol. The second kappa shape index (κ2) is 8.35. The summed E-state index contributed by atoms with van der Waals surface area (Å²) in [4.78, 5) is 21.2. The maximum Gasteiger partial charge on any atom is 0.246 e. The summed E-state index contributed by atoms with van der Waals surface area (Å²) in [5.74, 6) is -0.212. The van der Waals surface area contributed by atoms with Crippen LogP contribution < -0.4 is 4.90 Å². The highest BCUT2D eigenvalue weighted by molar-refractivity contribution is 7.14. The molecule has 1 amide bonds. The second-order valence-electron chi connectivity index (χ2n) is 6.58. The molecule has 4 nitrogen and oxygen atoms in total. The van der Waals surface area contributed by atoms with Gasteiger partial charge in [-0.2, -0.15) is 0 Å². The Morgan fingerprint density at radius 1 is 1.00 bits per heavy atom. The van der Waals surface area contributed by atoms with Crippen LogP contribution >= 0.6 is 11.3 Å². The van der Waals surface area contributed by atoms with Crippen molar-refractivity contribution in [3.05, 3.63) is 77.4 Å². The number of carbonyl (C=O) groups is 1. The van der Waals surface area contributed by atoms with Gasteiger partial charge in [0.05, 0.1) is 5.69 Å². The van der Waals surface area contributed by atoms with Crippen molar-refractivity contribution in [2.24, 2.45) is 0 Å². The van der Waals surface area contributed by atoms with Gasteiger partial charge in [0, 0.05) is 43.2 Å². The third-order valence-electron chi connectivity index (χ3n) is 4.71. The molecular weight excluding hydrogens is 373 g/mol. The first kappa shape index (κ1) is 18.4. The molecule has 0 N–H and O–H groups in total. The van der Waals surface area contributed by atoms with Gasteiger partial charge in [0.25, 0.3) is 0 Å². The van der Waals surface area contributed by atoms with Crippen LogP contribution in [0.1, 0.15) is 5.56 Å². The maximum atomic E-state index is 13.1. The van der Waals surface area contributed by atoms with Crippen molar-refractivity contribution in [2.45, 2.75) is 0 Å². The van der Waals surface area contributed by atoms with E-state index in [4.69, 9.17) is 0 Å². The van der Waals surface area contributed by atoms with Gasteiger partial charge in [-0.15, -0.1) is 11.3 Å². The van der Waals surface area contributed by atoms with Crippen molar-refractivity contribution < 1.29 is 9.18 Å². The van der Waals surface area contributed by atoms with Crippen LogP contribution in [0, 0.1) is 5.82 Å². The van der Waals surface area contributed by atoms with E-state index in [2.05, 4.69) is 9.88 Å². The molecule has 2 aromatic carbocycles. The van der Waals surface area contributed by atoms with Gasteiger partial charge in [-0.1, -0.05) is 30.3 Å². The van der Waals surface area contributed by atoms with Crippen molar-refractivity contribution >= 4 is 28.5 Å². The summed E-state index contributed by atoms with van der Waals surface area (Å²) < 4.78 is 13.1. The monoisotopic (exact) mass is 393 g/mol. The Morgan fingerprint density at radius 3 is 2.43 bits per heavy atom. The van der Waals surface area contributed by atoms with Crippen LogP contribution in [0.2, 0.25) is 0 Å². The number of nitrogens with zero attached hydrogens (tertiary/aromatic N) is 3. The molecule has 4 rings (SSSR count). The molecule has 0 spiro atoms. The fourth-order valence-electron chi connectivity index (χ4n) is 3.12. The normalized spacial score (nSPS) is 14.6. The zero-order valence-corrected chi connectivity index (χ0v) is 16.1. The molecule has 3 aromatic rings. The van der Waals surface area contributed by atoms with Gasteiger partial charge < -0.3 is 9.80 Å². The Labute approximate surface area is 167 Å². The Hall–Kier alpha value is -2.99.